The first-order chi connectivity index (χ1) is 13.2. The van der Waals surface area contributed by atoms with Gasteiger partial charge < -0.3 is 15.4 Å². The summed E-state index contributed by atoms with van der Waals surface area (Å²) in [6.45, 7) is 3.90. The topological polar surface area (TPSA) is 81.1 Å². The third kappa shape index (κ3) is 4.31. The average Bonchev–Trinajstić information content (AvgIpc) is 3.48. The molecule has 1 aliphatic heterocycles. The standard InChI is InChI=1S/C20H27N5O2.ClH/c1-13-18(23-24-25(13)16-9-11-21-12-10-16)20(26)22-19(14-3-4-14)15-5-7-17(27-2)8-6-15;/h5-8,14,16,19,21H,3-4,9-12H2,1-2H3,(H,22,26);1H. The zero-order valence-electron chi connectivity index (χ0n) is 16.4. The normalized spacial score (nSPS) is 18.2. The van der Waals surface area contributed by atoms with Crippen LogP contribution in [0.4, 0.5) is 0 Å². The highest BCUT2D eigenvalue weighted by molar-refractivity contribution is 5.93. The van der Waals surface area contributed by atoms with Crippen molar-refractivity contribution in [2.24, 2.45) is 5.92 Å². The molecule has 2 N–H and O–H groups in total. The zero-order chi connectivity index (χ0) is 18.8. The number of hydrogen-bond donors (Lipinski definition) is 2. The quantitative estimate of drug-likeness (QED) is 0.772. The number of aromatic nitrogens is 3. The number of nitrogens with one attached hydrogen (secondary N) is 2. The Hall–Kier alpha value is -2.12. The molecule has 1 unspecified atom stereocenters. The van der Waals surface area contributed by atoms with Crippen molar-refractivity contribution in [1.29, 1.82) is 0 Å². The van der Waals surface area contributed by atoms with Crippen molar-refractivity contribution >= 4 is 18.3 Å². The van der Waals surface area contributed by atoms with Gasteiger partial charge in [0, 0.05) is 0 Å². The third-order valence-corrected chi connectivity index (χ3v) is 5.65. The van der Waals surface area contributed by atoms with Gasteiger partial charge in [-0.15, -0.1) is 17.5 Å². The fourth-order valence-electron chi connectivity index (χ4n) is 3.87. The highest BCUT2D eigenvalue weighted by atomic mass is 35.5. The molecule has 1 saturated carbocycles. The first-order valence-corrected chi connectivity index (χ1v) is 9.74. The van der Waals surface area contributed by atoms with E-state index < -0.39 is 0 Å². The van der Waals surface area contributed by atoms with Crippen molar-refractivity contribution in [1.82, 2.24) is 25.6 Å². The van der Waals surface area contributed by atoms with Crippen molar-refractivity contribution in [3.8, 4) is 5.75 Å². The van der Waals surface area contributed by atoms with Crippen LogP contribution in [0.1, 0.15) is 59.5 Å². The summed E-state index contributed by atoms with van der Waals surface area (Å²) in [5.74, 6) is 1.17. The highest BCUT2D eigenvalue weighted by Crippen LogP contribution is 2.41. The Morgan fingerprint density at radius 3 is 2.50 bits per heavy atom. The molecule has 2 aromatic rings. The van der Waals surface area contributed by atoms with Gasteiger partial charge in [0.05, 0.1) is 24.9 Å². The minimum Gasteiger partial charge on any atom is -0.497 e. The second-order valence-corrected chi connectivity index (χ2v) is 7.51. The smallest absolute Gasteiger partial charge is 0.274 e. The number of carbonyl (C=O) groups is 1. The molecule has 1 atom stereocenters. The number of hydrogen-bond acceptors (Lipinski definition) is 5. The maximum absolute atomic E-state index is 12.9. The molecule has 1 aromatic carbocycles. The SMILES string of the molecule is COc1ccc(C(NC(=O)c2nnn(C3CCNCC3)c2C)C2CC2)cc1.Cl. The van der Waals surface area contributed by atoms with E-state index in [-0.39, 0.29) is 24.4 Å². The number of nitrogens with zero attached hydrogens (tertiary/aromatic N) is 3. The number of carbonyl (C=O) groups excluding carboxylic acids is 1. The number of amides is 1. The lowest BCUT2D eigenvalue weighted by Gasteiger charge is -2.23. The fourth-order valence-corrected chi connectivity index (χ4v) is 3.87. The summed E-state index contributed by atoms with van der Waals surface area (Å²) in [4.78, 5) is 12.9. The van der Waals surface area contributed by atoms with Crippen molar-refractivity contribution in [2.75, 3.05) is 20.2 Å². The first kappa shape index (κ1) is 20.6. The van der Waals surface area contributed by atoms with Crippen LogP contribution < -0.4 is 15.4 Å². The van der Waals surface area contributed by atoms with E-state index in [9.17, 15) is 4.79 Å². The van der Waals surface area contributed by atoms with E-state index in [4.69, 9.17) is 4.74 Å². The van der Waals surface area contributed by atoms with E-state index in [2.05, 4.69) is 20.9 Å². The van der Waals surface area contributed by atoms with E-state index in [1.807, 2.05) is 35.9 Å². The molecule has 1 aromatic heterocycles. The van der Waals surface area contributed by atoms with Gasteiger partial charge in [-0.2, -0.15) is 0 Å². The summed E-state index contributed by atoms with van der Waals surface area (Å²) in [5, 5.41) is 15.0. The van der Waals surface area contributed by atoms with E-state index in [1.54, 1.807) is 7.11 Å². The van der Waals surface area contributed by atoms with Gasteiger partial charge in [-0.05, 0) is 69.3 Å². The molecule has 8 heteroatoms. The number of methoxy groups -OCH3 is 1. The van der Waals surface area contributed by atoms with Crippen LogP contribution in [-0.4, -0.2) is 41.1 Å². The minimum atomic E-state index is -0.139. The second-order valence-electron chi connectivity index (χ2n) is 7.51. The van der Waals surface area contributed by atoms with Crippen molar-refractivity contribution in [3.05, 3.63) is 41.2 Å². The van der Waals surface area contributed by atoms with Crippen molar-refractivity contribution < 1.29 is 9.53 Å². The second kappa shape index (κ2) is 8.92. The lowest BCUT2D eigenvalue weighted by atomic mass is 10.0. The van der Waals surface area contributed by atoms with Crippen LogP contribution >= 0.6 is 12.4 Å². The van der Waals surface area contributed by atoms with Crippen LogP contribution in [0.25, 0.3) is 0 Å². The summed E-state index contributed by atoms with van der Waals surface area (Å²) in [6.07, 6.45) is 4.30. The molecule has 152 valence electrons. The Labute approximate surface area is 171 Å². The summed E-state index contributed by atoms with van der Waals surface area (Å²) >= 11 is 0. The first-order valence-electron chi connectivity index (χ1n) is 9.74. The molecule has 7 nitrogen and oxygen atoms in total. The van der Waals surface area contributed by atoms with Gasteiger partial charge in [0.15, 0.2) is 5.69 Å². The van der Waals surface area contributed by atoms with Crippen molar-refractivity contribution in [3.63, 3.8) is 0 Å². The van der Waals surface area contributed by atoms with Gasteiger partial charge >= 0.3 is 0 Å². The van der Waals surface area contributed by atoms with Gasteiger partial charge in [0.1, 0.15) is 5.75 Å². The Bertz CT molecular complexity index is 797. The molecule has 4 rings (SSSR count). The highest BCUT2D eigenvalue weighted by Gasteiger charge is 2.34. The van der Waals surface area contributed by atoms with Gasteiger partial charge in [-0.3, -0.25) is 4.79 Å². The Morgan fingerprint density at radius 2 is 1.89 bits per heavy atom. The Kier molecular flexibility index (Phi) is 6.57. The Balaban J connectivity index is 0.00000225. The van der Waals surface area contributed by atoms with Gasteiger partial charge in [-0.1, -0.05) is 17.3 Å². The molecular weight excluding hydrogens is 378 g/mol. The maximum atomic E-state index is 12.9. The molecule has 2 aliphatic rings. The minimum absolute atomic E-state index is 0. The van der Waals surface area contributed by atoms with Crippen LogP contribution in [-0.2, 0) is 0 Å². The van der Waals surface area contributed by atoms with Crippen LogP contribution in [0.3, 0.4) is 0 Å². The molecule has 1 amide bonds. The van der Waals surface area contributed by atoms with Gasteiger partial charge in [0.2, 0.25) is 0 Å². The lowest BCUT2D eigenvalue weighted by Crippen LogP contribution is -2.31. The number of halogens is 1. The predicted molar refractivity (Wildman–Crippen MR) is 109 cm³/mol. The summed E-state index contributed by atoms with van der Waals surface area (Å²) in [6, 6.07) is 8.26. The summed E-state index contributed by atoms with van der Waals surface area (Å²) in [5.41, 5.74) is 2.39. The van der Waals surface area contributed by atoms with E-state index in [0.717, 1.165) is 55.8 Å². The number of ether oxygens (including phenoxy) is 1. The van der Waals surface area contributed by atoms with E-state index in [1.165, 1.54) is 0 Å². The molecule has 28 heavy (non-hydrogen) atoms. The predicted octanol–water partition coefficient (Wildman–Crippen LogP) is 2.82. The average molecular weight is 406 g/mol. The molecule has 0 radical (unpaired) electrons. The van der Waals surface area contributed by atoms with Gasteiger partial charge in [-0.25, -0.2) is 4.68 Å². The van der Waals surface area contributed by atoms with Crippen LogP contribution in [0.5, 0.6) is 5.75 Å². The van der Waals surface area contributed by atoms with Crippen LogP contribution in [0, 0.1) is 12.8 Å². The molecule has 2 fully saturated rings. The molecule has 0 bridgehead atoms. The third-order valence-electron chi connectivity index (χ3n) is 5.65. The lowest BCUT2D eigenvalue weighted by molar-refractivity contribution is 0.0926. The molecule has 0 spiro atoms. The number of benzene rings is 1. The van der Waals surface area contributed by atoms with Crippen molar-refractivity contribution in [2.45, 2.75) is 44.7 Å². The molecule has 2 heterocycles. The van der Waals surface area contributed by atoms with Crippen LogP contribution in [0.15, 0.2) is 24.3 Å². The molecular formula is C20H28ClN5O2. The summed E-state index contributed by atoms with van der Waals surface area (Å²) < 4.78 is 7.16. The molecule has 1 aliphatic carbocycles. The number of piperidine rings is 1. The van der Waals surface area contributed by atoms with Crippen LogP contribution in [0.2, 0.25) is 0 Å². The zero-order valence-corrected chi connectivity index (χ0v) is 17.2. The number of rotatable bonds is 6. The maximum Gasteiger partial charge on any atom is 0.274 e. The molecule has 1 saturated heterocycles. The van der Waals surface area contributed by atoms with Gasteiger partial charge in [0.25, 0.3) is 5.91 Å². The fraction of sp³-hybridized carbons (Fsp3) is 0.550. The largest absolute Gasteiger partial charge is 0.497 e. The monoisotopic (exact) mass is 405 g/mol. The summed E-state index contributed by atoms with van der Waals surface area (Å²) in [7, 11) is 1.66. The van der Waals surface area contributed by atoms with E-state index in [0.29, 0.717) is 17.7 Å². The Morgan fingerprint density at radius 1 is 1.21 bits per heavy atom. The van der Waals surface area contributed by atoms with E-state index >= 15 is 0 Å².